The number of benzene rings is 4. The first kappa shape index (κ1) is 29.8. The van der Waals surface area contributed by atoms with Gasteiger partial charge in [-0.05, 0) is 60.7 Å². The monoisotopic (exact) mass is 700 g/mol. The number of carbonyl (C=O) groups is 2. The van der Waals surface area contributed by atoms with Gasteiger partial charge >= 0.3 is 12.1 Å². The van der Waals surface area contributed by atoms with Crippen molar-refractivity contribution < 1.29 is 29.6 Å². The van der Waals surface area contributed by atoms with E-state index in [1.165, 1.54) is 24.3 Å². The van der Waals surface area contributed by atoms with Gasteiger partial charge in [-0.2, -0.15) is 10.0 Å². The Bertz CT molecular complexity index is 1560. The van der Waals surface area contributed by atoms with Crippen LogP contribution in [-0.4, -0.2) is 32.1 Å². The Labute approximate surface area is 253 Å². The van der Waals surface area contributed by atoms with Crippen molar-refractivity contribution in [2.24, 2.45) is 0 Å². The van der Waals surface area contributed by atoms with Crippen LogP contribution in [0.3, 0.4) is 0 Å². The van der Waals surface area contributed by atoms with Crippen LogP contribution in [0.5, 0.6) is 11.5 Å². The molecule has 0 fully saturated rings. The summed E-state index contributed by atoms with van der Waals surface area (Å²) in [6.45, 7) is 0. The average Bonchev–Trinajstić information content (AvgIpc) is 2.94. The number of phenols is 2. The number of halogens is 2. The maximum absolute atomic E-state index is 13.8. The molecule has 0 radical (unpaired) electrons. The quantitative estimate of drug-likeness (QED) is 0.120. The predicted molar refractivity (Wildman–Crippen MR) is 161 cm³/mol. The van der Waals surface area contributed by atoms with Crippen molar-refractivity contribution in [2.45, 2.75) is 0 Å². The highest BCUT2D eigenvalue weighted by Crippen LogP contribution is 2.38. The van der Waals surface area contributed by atoms with E-state index in [2.05, 4.69) is 42.5 Å². The van der Waals surface area contributed by atoms with E-state index in [9.17, 15) is 40.0 Å². The Balaban J connectivity index is 1.90. The van der Waals surface area contributed by atoms with Crippen molar-refractivity contribution in [1.82, 2.24) is 0 Å². The van der Waals surface area contributed by atoms with Crippen LogP contribution in [-0.2, 0) is 0 Å². The number of nitro groups is 2. The van der Waals surface area contributed by atoms with Gasteiger partial charge in [-0.3, -0.25) is 20.2 Å². The molecule has 0 bridgehead atoms. The molecule has 4 aromatic carbocycles. The SMILES string of the molecule is O=C(Nc1ccc(Br)cc1)N(c1ccc([N+](=O)[O-])cc1O)N(C(=O)Nc1ccc(Br)cc1)c1ccc([N+](=O)[O-])cc1O. The van der Waals surface area contributed by atoms with Crippen molar-refractivity contribution in [3.8, 4) is 11.5 Å². The molecule has 4 aromatic rings. The number of rotatable bonds is 6. The van der Waals surface area contributed by atoms with Gasteiger partial charge < -0.3 is 20.8 Å². The number of nitrogens with zero attached hydrogens (tertiary/aromatic N) is 4. The molecule has 14 nitrogen and oxygen atoms in total. The minimum Gasteiger partial charge on any atom is -0.505 e. The number of nitro benzene ring substituents is 2. The zero-order valence-electron chi connectivity index (χ0n) is 21.0. The van der Waals surface area contributed by atoms with Crippen LogP contribution >= 0.6 is 31.9 Å². The fourth-order valence-electron chi connectivity index (χ4n) is 3.64. The largest absolute Gasteiger partial charge is 0.505 e. The Morgan fingerprint density at radius 1 is 0.619 bits per heavy atom. The third-order valence-corrected chi connectivity index (χ3v) is 6.63. The number of urea groups is 2. The number of hydrogen-bond donors (Lipinski definition) is 4. The third kappa shape index (κ3) is 6.73. The smallest absolute Gasteiger partial charge is 0.346 e. The number of aromatic hydroxyl groups is 2. The van der Waals surface area contributed by atoms with Crippen molar-refractivity contribution in [2.75, 3.05) is 20.7 Å². The summed E-state index contributed by atoms with van der Waals surface area (Å²) >= 11 is 6.57. The van der Waals surface area contributed by atoms with Crippen molar-refractivity contribution in [3.05, 3.63) is 114 Å². The molecule has 4 amide bonds. The lowest BCUT2D eigenvalue weighted by atomic mass is 10.2. The van der Waals surface area contributed by atoms with Gasteiger partial charge in [-0.15, -0.1) is 0 Å². The first-order valence-electron chi connectivity index (χ1n) is 11.6. The molecular formula is C26H18Br2N6O8. The molecule has 0 heterocycles. The number of hydrazine groups is 1. The lowest BCUT2D eigenvalue weighted by Gasteiger charge is -2.35. The lowest BCUT2D eigenvalue weighted by Crippen LogP contribution is -2.54. The van der Waals surface area contributed by atoms with Gasteiger partial charge in [-0.25, -0.2) is 9.59 Å². The molecule has 0 aliphatic rings. The molecule has 0 saturated carbocycles. The Morgan fingerprint density at radius 3 is 1.24 bits per heavy atom. The molecule has 4 rings (SSSR count). The minimum atomic E-state index is -1.05. The van der Waals surface area contributed by atoms with Crippen LogP contribution in [0, 0.1) is 20.2 Å². The molecule has 214 valence electrons. The number of hydrogen-bond acceptors (Lipinski definition) is 8. The van der Waals surface area contributed by atoms with Crippen molar-refractivity contribution in [3.63, 3.8) is 0 Å². The van der Waals surface area contributed by atoms with Gasteiger partial charge in [0.05, 0.1) is 22.0 Å². The summed E-state index contributed by atoms with van der Waals surface area (Å²) in [6.07, 6.45) is 0. The normalized spacial score (nSPS) is 10.4. The van der Waals surface area contributed by atoms with E-state index in [4.69, 9.17) is 0 Å². The van der Waals surface area contributed by atoms with Crippen LogP contribution in [0.1, 0.15) is 0 Å². The molecule has 0 atom stereocenters. The first-order valence-corrected chi connectivity index (χ1v) is 13.2. The molecule has 42 heavy (non-hydrogen) atoms. The van der Waals surface area contributed by atoms with E-state index in [0.717, 1.165) is 36.4 Å². The summed E-state index contributed by atoms with van der Waals surface area (Å²) in [6, 6.07) is 16.1. The van der Waals surface area contributed by atoms with Gasteiger partial charge in [0.15, 0.2) is 0 Å². The van der Waals surface area contributed by atoms with Crippen molar-refractivity contribution in [1.29, 1.82) is 0 Å². The summed E-state index contributed by atoms with van der Waals surface area (Å²) in [5.41, 5.74) is -1.30. The Morgan fingerprint density at radius 2 is 0.952 bits per heavy atom. The van der Waals surface area contributed by atoms with Gasteiger partial charge in [0.2, 0.25) is 0 Å². The number of anilines is 4. The van der Waals surface area contributed by atoms with E-state index >= 15 is 0 Å². The van der Waals surface area contributed by atoms with E-state index < -0.39 is 56.2 Å². The molecule has 16 heteroatoms. The second-order valence-corrected chi connectivity index (χ2v) is 10.2. The van der Waals surface area contributed by atoms with Crippen LogP contribution in [0.25, 0.3) is 0 Å². The van der Waals surface area contributed by atoms with Crippen LogP contribution in [0.4, 0.5) is 43.7 Å². The summed E-state index contributed by atoms with van der Waals surface area (Å²) in [4.78, 5) is 48.7. The van der Waals surface area contributed by atoms with Gasteiger partial charge in [0.1, 0.15) is 22.9 Å². The Kier molecular flexibility index (Phi) is 8.87. The van der Waals surface area contributed by atoms with Gasteiger partial charge in [-0.1, -0.05) is 31.9 Å². The standard InChI is InChI=1S/C26H18Br2N6O8/c27-15-1-5-17(6-2-15)29-25(37)31(21-11-9-19(33(39)40)13-23(21)35)32(22-12-10-20(34(41)42)14-24(22)36)26(38)30-18-7-3-16(28)4-8-18/h1-14,35-36H,(H,29,37)(H,30,38). The van der Waals surface area contributed by atoms with E-state index in [1.807, 2.05) is 0 Å². The van der Waals surface area contributed by atoms with E-state index in [0.29, 0.717) is 19.0 Å². The number of amides is 4. The minimum absolute atomic E-state index is 0.260. The molecule has 0 aliphatic heterocycles. The van der Waals surface area contributed by atoms with E-state index in [-0.39, 0.29) is 11.4 Å². The lowest BCUT2D eigenvalue weighted by molar-refractivity contribution is -0.385. The molecule has 0 unspecified atom stereocenters. The maximum atomic E-state index is 13.8. The summed E-state index contributed by atoms with van der Waals surface area (Å²) in [5, 5.41) is 50.5. The third-order valence-electron chi connectivity index (χ3n) is 5.57. The summed E-state index contributed by atoms with van der Waals surface area (Å²) in [5.74, 6) is -1.53. The Hall–Kier alpha value is -5.22. The number of non-ortho nitro benzene ring substituents is 2. The van der Waals surface area contributed by atoms with Crippen LogP contribution in [0.15, 0.2) is 93.9 Å². The fraction of sp³-hybridized carbons (Fsp3) is 0. The van der Waals surface area contributed by atoms with Crippen molar-refractivity contribution >= 4 is 78.0 Å². The number of carbonyl (C=O) groups excluding carboxylic acids is 2. The highest BCUT2D eigenvalue weighted by Gasteiger charge is 2.34. The van der Waals surface area contributed by atoms with Gasteiger partial charge in [0.25, 0.3) is 11.4 Å². The zero-order chi connectivity index (χ0) is 30.6. The molecular weight excluding hydrogens is 684 g/mol. The average molecular weight is 702 g/mol. The van der Waals surface area contributed by atoms with Crippen LogP contribution in [0.2, 0.25) is 0 Å². The molecule has 0 saturated heterocycles. The second-order valence-electron chi connectivity index (χ2n) is 8.36. The zero-order valence-corrected chi connectivity index (χ0v) is 24.1. The highest BCUT2D eigenvalue weighted by atomic mass is 79.9. The first-order chi connectivity index (χ1) is 19.9. The summed E-state index contributed by atoms with van der Waals surface area (Å²) < 4.78 is 1.41. The topological polar surface area (TPSA) is 191 Å². The fourth-order valence-corrected chi connectivity index (χ4v) is 4.17. The van der Waals surface area contributed by atoms with E-state index in [1.54, 1.807) is 24.3 Å². The van der Waals surface area contributed by atoms with Crippen LogP contribution < -0.4 is 20.7 Å². The number of phenolic OH excluding ortho intramolecular Hbond substituents is 2. The maximum Gasteiger partial charge on any atom is 0.346 e. The van der Waals surface area contributed by atoms with Gasteiger partial charge in [0, 0.05) is 32.5 Å². The molecule has 4 N–H and O–H groups in total. The number of nitrogens with one attached hydrogen (secondary N) is 2. The molecule has 0 aromatic heterocycles. The predicted octanol–water partition coefficient (Wildman–Crippen LogP) is 7.13. The highest BCUT2D eigenvalue weighted by molar-refractivity contribution is 9.10. The summed E-state index contributed by atoms with van der Waals surface area (Å²) in [7, 11) is 0. The second kappa shape index (κ2) is 12.5. The molecule has 0 spiro atoms. The molecule has 0 aliphatic carbocycles.